The molecule has 0 radical (unpaired) electrons. The Bertz CT molecular complexity index is 572. The van der Waals surface area contributed by atoms with Gasteiger partial charge in [0.2, 0.25) is 0 Å². The zero-order valence-corrected chi connectivity index (χ0v) is 12.4. The van der Waals surface area contributed by atoms with Crippen LogP contribution in [0.25, 0.3) is 0 Å². The second-order valence-electron chi connectivity index (χ2n) is 5.09. The summed E-state index contributed by atoms with van der Waals surface area (Å²) in [4.78, 5) is 4.35. The summed E-state index contributed by atoms with van der Waals surface area (Å²) in [5.74, 6) is 1.79. The Labute approximate surface area is 114 Å². The molecule has 0 amide bonds. The zero-order valence-electron chi connectivity index (χ0n) is 12.4. The molecule has 4 heteroatoms. The zero-order chi connectivity index (χ0) is 14.0. The molecule has 0 bridgehead atoms. The van der Waals surface area contributed by atoms with Gasteiger partial charge in [-0.3, -0.25) is 0 Å². The molecule has 0 fully saturated rings. The topological polar surface area (TPSA) is 42.7 Å². The lowest BCUT2D eigenvalue weighted by Crippen LogP contribution is -2.24. The largest absolute Gasteiger partial charge is 0.311 e. The Hall–Kier alpha value is -1.68. The summed E-state index contributed by atoms with van der Waals surface area (Å²) in [6.07, 6.45) is 0. The summed E-state index contributed by atoms with van der Waals surface area (Å²) >= 11 is 0. The second-order valence-corrected chi connectivity index (χ2v) is 5.09. The lowest BCUT2D eigenvalue weighted by atomic mass is 9.99. The van der Waals surface area contributed by atoms with E-state index in [9.17, 15) is 0 Å². The van der Waals surface area contributed by atoms with E-state index >= 15 is 0 Å². The summed E-state index contributed by atoms with van der Waals surface area (Å²) in [7, 11) is 1.99. The van der Waals surface area contributed by atoms with Crippen molar-refractivity contribution in [1.29, 1.82) is 0 Å². The van der Waals surface area contributed by atoms with Gasteiger partial charge in [-0.1, -0.05) is 23.8 Å². The molecule has 0 spiro atoms. The third-order valence-corrected chi connectivity index (χ3v) is 3.47. The molecule has 0 saturated heterocycles. The molecule has 1 atom stereocenters. The molecule has 1 N–H and O–H groups in total. The van der Waals surface area contributed by atoms with Crippen LogP contribution in [0.4, 0.5) is 0 Å². The van der Waals surface area contributed by atoms with Gasteiger partial charge in [0.15, 0.2) is 0 Å². The minimum atomic E-state index is 0.250. The first kappa shape index (κ1) is 13.7. The van der Waals surface area contributed by atoms with Crippen LogP contribution in [0.3, 0.4) is 0 Å². The summed E-state index contributed by atoms with van der Waals surface area (Å²) in [6, 6.07) is 6.83. The van der Waals surface area contributed by atoms with Gasteiger partial charge in [0, 0.05) is 0 Å². The Morgan fingerprint density at radius 1 is 1.21 bits per heavy atom. The smallest absolute Gasteiger partial charge is 0.147 e. The van der Waals surface area contributed by atoms with Crippen molar-refractivity contribution in [3.05, 3.63) is 46.5 Å². The number of hydrogen-bond donors (Lipinski definition) is 1. The van der Waals surface area contributed by atoms with Crippen LogP contribution in [0.15, 0.2) is 18.2 Å². The maximum absolute atomic E-state index is 4.44. The average Bonchev–Trinajstić information content (AvgIpc) is 2.65. The van der Waals surface area contributed by atoms with Gasteiger partial charge >= 0.3 is 0 Å². The number of aryl methyl sites for hydroxylation is 4. The predicted octanol–water partition coefficient (Wildman–Crippen LogP) is 2.47. The summed E-state index contributed by atoms with van der Waals surface area (Å²) in [5, 5.41) is 7.81. The second kappa shape index (κ2) is 5.53. The van der Waals surface area contributed by atoms with Crippen LogP contribution in [0.1, 0.15) is 34.4 Å². The Morgan fingerprint density at radius 3 is 2.47 bits per heavy atom. The molecular weight excluding hydrogens is 236 g/mol. The van der Waals surface area contributed by atoms with Crippen molar-refractivity contribution >= 4 is 0 Å². The molecule has 2 rings (SSSR count). The highest BCUT2D eigenvalue weighted by Crippen LogP contribution is 2.20. The third kappa shape index (κ3) is 3.01. The molecule has 2 aromatic rings. The van der Waals surface area contributed by atoms with Gasteiger partial charge in [-0.2, -0.15) is 5.10 Å². The van der Waals surface area contributed by atoms with Gasteiger partial charge in [0.1, 0.15) is 11.6 Å². The number of nitrogens with one attached hydrogen (secondary N) is 1. The van der Waals surface area contributed by atoms with E-state index in [-0.39, 0.29) is 6.04 Å². The molecule has 1 aromatic heterocycles. The summed E-state index contributed by atoms with van der Waals surface area (Å²) in [6.45, 7) is 9.00. The highest BCUT2D eigenvalue weighted by Gasteiger charge is 2.14. The maximum Gasteiger partial charge on any atom is 0.147 e. The van der Waals surface area contributed by atoms with Crippen molar-refractivity contribution in [1.82, 2.24) is 20.1 Å². The lowest BCUT2D eigenvalue weighted by Gasteiger charge is -2.19. The normalized spacial score (nSPS) is 12.7. The van der Waals surface area contributed by atoms with E-state index in [1.54, 1.807) is 0 Å². The highest BCUT2D eigenvalue weighted by atomic mass is 15.3. The van der Waals surface area contributed by atoms with Crippen molar-refractivity contribution in [2.45, 2.75) is 40.3 Å². The van der Waals surface area contributed by atoms with Crippen LogP contribution in [-0.2, 0) is 6.54 Å². The van der Waals surface area contributed by atoms with Crippen LogP contribution in [0.5, 0.6) is 0 Å². The van der Waals surface area contributed by atoms with Crippen LogP contribution in [0.2, 0.25) is 0 Å². The molecule has 4 nitrogen and oxygen atoms in total. The van der Waals surface area contributed by atoms with E-state index in [0.29, 0.717) is 0 Å². The van der Waals surface area contributed by atoms with Crippen molar-refractivity contribution in [2.75, 3.05) is 7.05 Å². The van der Waals surface area contributed by atoms with Crippen molar-refractivity contribution in [3.63, 3.8) is 0 Å². The van der Waals surface area contributed by atoms with Crippen molar-refractivity contribution in [3.8, 4) is 0 Å². The molecule has 0 aliphatic heterocycles. The van der Waals surface area contributed by atoms with Crippen molar-refractivity contribution < 1.29 is 0 Å². The number of likely N-dealkylation sites (N-methyl/N-ethyl adjacent to an activating group) is 1. The van der Waals surface area contributed by atoms with Crippen LogP contribution in [-0.4, -0.2) is 21.8 Å². The van der Waals surface area contributed by atoms with Gasteiger partial charge < -0.3 is 5.32 Å². The van der Waals surface area contributed by atoms with E-state index in [1.165, 1.54) is 16.7 Å². The van der Waals surface area contributed by atoms with E-state index in [0.717, 1.165) is 18.2 Å². The highest BCUT2D eigenvalue weighted by molar-refractivity contribution is 5.32. The first-order valence-electron chi connectivity index (χ1n) is 6.63. The molecular formula is C15H22N4. The molecule has 1 heterocycles. The standard InChI is InChI=1S/C15H22N4/c1-10-6-7-14(11(2)8-10)15(16-5)9-19-13(4)17-12(3)18-19/h6-8,15-16H,9H2,1-5H3. The van der Waals surface area contributed by atoms with Gasteiger partial charge in [0.05, 0.1) is 12.6 Å². The minimum Gasteiger partial charge on any atom is -0.311 e. The van der Waals surface area contributed by atoms with Gasteiger partial charge in [-0.25, -0.2) is 9.67 Å². The van der Waals surface area contributed by atoms with Crippen LogP contribution < -0.4 is 5.32 Å². The molecule has 0 aliphatic rings. The van der Waals surface area contributed by atoms with Gasteiger partial charge in [-0.05, 0) is 45.9 Å². The summed E-state index contributed by atoms with van der Waals surface area (Å²) < 4.78 is 1.97. The SMILES string of the molecule is CNC(Cn1nc(C)nc1C)c1ccc(C)cc1C. The summed E-state index contributed by atoms with van der Waals surface area (Å²) in [5.41, 5.74) is 3.93. The first-order valence-corrected chi connectivity index (χ1v) is 6.63. The van der Waals surface area contributed by atoms with E-state index in [2.05, 4.69) is 47.4 Å². The Balaban J connectivity index is 2.27. The van der Waals surface area contributed by atoms with Crippen LogP contribution >= 0.6 is 0 Å². The number of rotatable bonds is 4. The molecule has 1 aromatic carbocycles. The predicted molar refractivity (Wildman–Crippen MR) is 77.2 cm³/mol. The monoisotopic (exact) mass is 258 g/mol. The molecule has 1 unspecified atom stereocenters. The fourth-order valence-corrected chi connectivity index (χ4v) is 2.47. The van der Waals surface area contributed by atoms with E-state index in [4.69, 9.17) is 0 Å². The minimum absolute atomic E-state index is 0.250. The fraction of sp³-hybridized carbons (Fsp3) is 0.467. The van der Waals surface area contributed by atoms with E-state index < -0.39 is 0 Å². The molecule has 0 saturated carbocycles. The number of nitrogens with zero attached hydrogens (tertiary/aromatic N) is 3. The third-order valence-electron chi connectivity index (χ3n) is 3.47. The number of hydrogen-bond acceptors (Lipinski definition) is 3. The molecule has 102 valence electrons. The van der Waals surface area contributed by atoms with Gasteiger partial charge in [0.25, 0.3) is 0 Å². The number of aromatic nitrogens is 3. The quantitative estimate of drug-likeness (QED) is 0.916. The van der Waals surface area contributed by atoms with Crippen LogP contribution in [0, 0.1) is 27.7 Å². The molecule has 19 heavy (non-hydrogen) atoms. The number of benzene rings is 1. The Morgan fingerprint density at radius 2 is 1.95 bits per heavy atom. The lowest BCUT2D eigenvalue weighted by molar-refractivity contribution is 0.457. The Kier molecular flexibility index (Phi) is 4.00. The molecule has 0 aliphatic carbocycles. The van der Waals surface area contributed by atoms with Crippen molar-refractivity contribution in [2.24, 2.45) is 0 Å². The fourth-order valence-electron chi connectivity index (χ4n) is 2.47. The van der Waals surface area contributed by atoms with Gasteiger partial charge in [-0.15, -0.1) is 0 Å². The average molecular weight is 258 g/mol. The first-order chi connectivity index (χ1) is 9.01. The van der Waals surface area contributed by atoms with E-state index in [1.807, 2.05) is 25.6 Å². The maximum atomic E-state index is 4.44.